The van der Waals surface area contributed by atoms with E-state index in [1.54, 1.807) is 20.9 Å². The highest BCUT2D eigenvalue weighted by atomic mass is 16.8. The number of esters is 1. The fraction of sp³-hybridized carbons (Fsp3) is 0.500. The number of hydrogen-bond acceptors (Lipinski definition) is 8. The number of nitrogens with zero attached hydrogens (tertiary/aromatic N) is 1. The van der Waals surface area contributed by atoms with Crippen LogP contribution in [0.3, 0.4) is 0 Å². The Bertz CT molecular complexity index is 915. The molecule has 184 valence electrons. The molecule has 0 spiro atoms. The van der Waals surface area contributed by atoms with Gasteiger partial charge in [0.05, 0.1) is 13.2 Å². The average Bonchev–Trinajstić information content (AvgIpc) is 3.33. The Kier molecular flexibility index (Phi) is 7.37. The van der Waals surface area contributed by atoms with Crippen molar-refractivity contribution in [1.29, 1.82) is 0 Å². The number of carbonyl (C=O) groups is 1. The molecule has 2 fully saturated rings. The van der Waals surface area contributed by atoms with Gasteiger partial charge in [0.15, 0.2) is 12.1 Å². The van der Waals surface area contributed by atoms with E-state index in [0.717, 1.165) is 11.1 Å². The number of aliphatic hydroxyl groups excluding tert-OH is 1. The molecule has 6 atom stereocenters. The Morgan fingerprint density at radius 3 is 2.00 bits per heavy atom. The van der Waals surface area contributed by atoms with Gasteiger partial charge in [0.1, 0.15) is 30.5 Å². The molecule has 34 heavy (non-hydrogen) atoms. The number of fused-ring (bicyclic) bond motifs is 1. The molecule has 2 aromatic carbocycles. The average molecular weight is 472 g/mol. The first kappa shape index (κ1) is 24.8. The zero-order chi connectivity index (χ0) is 24.5. The van der Waals surface area contributed by atoms with Crippen LogP contribution < -0.4 is 0 Å². The van der Waals surface area contributed by atoms with Crippen LogP contribution in [-0.4, -0.2) is 79.8 Å². The lowest BCUT2D eigenvalue weighted by Crippen LogP contribution is -2.56. The van der Waals surface area contributed by atoms with E-state index in [-0.39, 0.29) is 6.04 Å². The summed E-state index contributed by atoms with van der Waals surface area (Å²) in [5.74, 6) is -1.44. The third-order valence-electron chi connectivity index (χ3n) is 6.46. The predicted molar refractivity (Wildman–Crippen MR) is 124 cm³/mol. The molecule has 2 aliphatic heterocycles. The first-order valence-corrected chi connectivity index (χ1v) is 11.4. The predicted octanol–water partition coefficient (Wildman–Crippen LogP) is 2.50. The van der Waals surface area contributed by atoms with E-state index in [0.29, 0.717) is 0 Å². The molecule has 2 aliphatic rings. The topological polar surface area (TPSA) is 86.7 Å². The van der Waals surface area contributed by atoms with E-state index < -0.39 is 48.5 Å². The highest BCUT2D eigenvalue weighted by Gasteiger charge is 2.59. The standard InChI is InChI=1S/C26H33NO7/c1-26(2)33-22-21(32-25(31-5)23(22)34-26)20(28)19(24(29)30-4)27(3)18(16-12-8-6-9-13-16)17-14-10-7-11-15-17/h6-15,18-23,25,28H,1-5H3/t19-,20+,21+,22+,23+,25+/m0/s1. The molecule has 0 bridgehead atoms. The fourth-order valence-corrected chi connectivity index (χ4v) is 5.00. The van der Waals surface area contributed by atoms with Crippen molar-refractivity contribution in [2.45, 2.75) is 62.4 Å². The molecule has 0 unspecified atom stereocenters. The van der Waals surface area contributed by atoms with Gasteiger partial charge in [-0.1, -0.05) is 60.7 Å². The Morgan fingerprint density at radius 1 is 0.971 bits per heavy atom. The van der Waals surface area contributed by atoms with Gasteiger partial charge < -0.3 is 28.8 Å². The van der Waals surface area contributed by atoms with Crippen molar-refractivity contribution in [3.05, 3.63) is 71.8 Å². The summed E-state index contributed by atoms with van der Waals surface area (Å²) >= 11 is 0. The molecular weight excluding hydrogens is 438 g/mol. The van der Waals surface area contributed by atoms with Crippen LogP contribution in [0.15, 0.2) is 60.7 Å². The first-order valence-electron chi connectivity index (χ1n) is 11.4. The zero-order valence-corrected chi connectivity index (χ0v) is 20.2. The highest BCUT2D eigenvalue weighted by molar-refractivity contribution is 5.76. The number of aliphatic hydroxyl groups is 1. The van der Waals surface area contributed by atoms with E-state index in [9.17, 15) is 9.90 Å². The summed E-state index contributed by atoms with van der Waals surface area (Å²) in [7, 11) is 4.62. The lowest BCUT2D eigenvalue weighted by molar-refractivity contribution is -0.240. The molecule has 8 heteroatoms. The van der Waals surface area contributed by atoms with Crippen molar-refractivity contribution in [1.82, 2.24) is 4.90 Å². The number of methoxy groups -OCH3 is 2. The monoisotopic (exact) mass is 471 g/mol. The molecule has 0 amide bonds. The number of carbonyl (C=O) groups excluding carboxylic acids is 1. The quantitative estimate of drug-likeness (QED) is 0.588. The maximum atomic E-state index is 13.1. The van der Waals surface area contributed by atoms with Crippen molar-refractivity contribution >= 4 is 5.97 Å². The van der Waals surface area contributed by atoms with Gasteiger partial charge in [-0.2, -0.15) is 0 Å². The van der Waals surface area contributed by atoms with Gasteiger partial charge in [0, 0.05) is 7.11 Å². The third kappa shape index (κ3) is 4.75. The van der Waals surface area contributed by atoms with E-state index in [4.69, 9.17) is 23.7 Å². The minimum absolute atomic E-state index is 0.325. The molecule has 2 saturated heterocycles. The number of likely N-dealkylation sites (N-methyl/N-ethyl adjacent to an activating group) is 1. The Labute approximate surface area is 200 Å². The van der Waals surface area contributed by atoms with Crippen molar-refractivity contribution in [2.75, 3.05) is 21.3 Å². The first-order chi connectivity index (χ1) is 16.3. The van der Waals surface area contributed by atoms with Gasteiger partial charge in [0.2, 0.25) is 0 Å². The number of rotatable bonds is 8. The summed E-state index contributed by atoms with van der Waals surface area (Å²) in [6.45, 7) is 3.60. The third-order valence-corrected chi connectivity index (χ3v) is 6.46. The van der Waals surface area contributed by atoms with Crippen molar-refractivity contribution in [3.63, 3.8) is 0 Å². The molecule has 0 saturated carbocycles. The Balaban J connectivity index is 1.70. The minimum atomic E-state index is -1.28. The molecule has 2 heterocycles. The summed E-state index contributed by atoms with van der Waals surface area (Å²) < 4.78 is 28.6. The normalized spacial score (nSPS) is 27.5. The Hall–Kier alpha value is -2.33. The summed E-state index contributed by atoms with van der Waals surface area (Å²) in [6.07, 6.45) is -4.01. The largest absolute Gasteiger partial charge is 0.468 e. The van der Waals surface area contributed by atoms with Crippen LogP contribution in [0.1, 0.15) is 31.0 Å². The lowest BCUT2D eigenvalue weighted by atomic mass is 9.92. The molecule has 0 aromatic heterocycles. The van der Waals surface area contributed by atoms with Crippen molar-refractivity contribution < 1.29 is 33.6 Å². The van der Waals surface area contributed by atoms with Gasteiger partial charge in [-0.25, -0.2) is 0 Å². The van der Waals surface area contributed by atoms with Gasteiger partial charge in [-0.15, -0.1) is 0 Å². The SMILES string of the molecule is COC(=O)[C@H]([C@@H](O)[C@H]1O[C@@H](OC)[C@@H]2OC(C)(C)O[C@H]12)N(C)C(c1ccccc1)c1ccccc1. The number of benzene rings is 2. The summed E-state index contributed by atoms with van der Waals surface area (Å²) in [5, 5.41) is 11.6. The maximum absolute atomic E-state index is 13.1. The number of ether oxygens (including phenoxy) is 5. The molecule has 2 aromatic rings. The summed E-state index contributed by atoms with van der Waals surface area (Å²) in [4.78, 5) is 14.9. The zero-order valence-electron chi connectivity index (χ0n) is 20.2. The second-order valence-corrected chi connectivity index (χ2v) is 9.12. The van der Waals surface area contributed by atoms with Gasteiger partial charge in [-0.3, -0.25) is 9.69 Å². The van der Waals surface area contributed by atoms with Crippen molar-refractivity contribution in [3.8, 4) is 0 Å². The second kappa shape index (κ2) is 10.1. The smallest absolute Gasteiger partial charge is 0.325 e. The van der Waals surface area contributed by atoms with E-state index >= 15 is 0 Å². The summed E-state index contributed by atoms with van der Waals surface area (Å²) in [6, 6.07) is 18.3. The summed E-state index contributed by atoms with van der Waals surface area (Å²) in [5.41, 5.74) is 1.94. The van der Waals surface area contributed by atoms with E-state index in [2.05, 4.69) is 0 Å². The fourth-order valence-electron chi connectivity index (χ4n) is 5.00. The maximum Gasteiger partial charge on any atom is 0.325 e. The van der Waals surface area contributed by atoms with Crippen molar-refractivity contribution in [2.24, 2.45) is 0 Å². The second-order valence-electron chi connectivity index (χ2n) is 9.12. The highest BCUT2D eigenvalue weighted by Crippen LogP contribution is 2.41. The molecule has 0 aliphatic carbocycles. The number of hydrogen-bond donors (Lipinski definition) is 1. The molecule has 8 nitrogen and oxygen atoms in total. The van der Waals surface area contributed by atoms with Gasteiger partial charge >= 0.3 is 5.97 Å². The Morgan fingerprint density at radius 2 is 1.50 bits per heavy atom. The lowest BCUT2D eigenvalue weighted by Gasteiger charge is -2.38. The van der Waals surface area contributed by atoms with E-state index in [1.165, 1.54) is 14.2 Å². The van der Waals surface area contributed by atoms with Gasteiger partial charge in [-0.05, 0) is 32.0 Å². The van der Waals surface area contributed by atoms with Crippen LogP contribution in [0.4, 0.5) is 0 Å². The molecule has 4 rings (SSSR count). The van der Waals surface area contributed by atoms with Crippen LogP contribution in [-0.2, 0) is 28.5 Å². The molecule has 0 radical (unpaired) electrons. The van der Waals surface area contributed by atoms with Crippen LogP contribution in [0.2, 0.25) is 0 Å². The van der Waals surface area contributed by atoms with Gasteiger partial charge in [0.25, 0.3) is 0 Å². The minimum Gasteiger partial charge on any atom is -0.468 e. The van der Waals surface area contributed by atoms with E-state index in [1.807, 2.05) is 65.6 Å². The van der Waals surface area contributed by atoms with Crippen LogP contribution >= 0.6 is 0 Å². The molecule has 1 N–H and O–H groups in total. The van der Waals surface area contributed by atoms with Crippen LogP contribution in [0.5, 0.6) is 0 Å². The van der Waals surface area contributed by atoms with Crippen LogP contribution in [0, 0.1) is 0 Å². The van der Waals surface area contributed by atoms with Crippen LogP contribution in [0.25, 0.3) is 0 Å². The molecular formula is C26H33NO7.